The molecule has 0 spiro atoms. The Morgan fingerprint density at radius 1 is 0.929 bits per heavy atom. The Hall–Kier alpha value is -3.25. The first-order valence-electron chi connectivity index (χ1n) is 8.58. The molecule has 4 aromatic rings. The minimum atomic E-state index is -0.260. The number of anilines is 1. The third-order valence-corrected chi connectivity index (χ3v) is 4.28. The van der Waals surface area contributed by atoms with E-state index in [1.807, 2.05) is 42.5 Å². The molecule has 5 nitrogen and oxygen atoms in total. The summed E-state index contributed by atoms with van der Waals surface area (Å²) in [6.45, 7) is 0.938. The summed E-state index contributed by atoms with van der Waals surface area (Å²) in [5.41, 5.74) is 4.11. The van der Waals surface area contributed by atoms with E-state index in [1.165, 1.54) is 12.1 Å². The second-order valence-electron chi connectivity index (χ2n) is 6.22. The number of para-hydroxylation sites is 1. The number of ether oxygens (including phenoxy) is 1. The summed E-state index contributed by atoms with van der Waals surface area (Å²) >= 11 is 0. The Bertz CT molecular complexity index is 1120. The van der Waals surface area contributed by atoms with Gasteiger partial charge in [0.05, 0.1) is 11.0 Å². The zero-order chi connectivity index (χ0) is 18.6. The third-order valence-electron chi connectivity index (χ3n) is 4.28. The first-order chi connectivity index (χ1) is 13.2. The third kappa shape index (κ3) is 4.53. The van der Waals surface area contributed by atoms with Crippen molar-refractivity contribution < 1.29 is 21.5 Å². The van der Waals surface area contributed by atoms with Gasteiger partial charge in [0.15, 0.2) is 0 Å². The van der Waals surface area contributed by atoms with Crippen LogP contribution in [0.3, 0.4) is 0 Å². The van der Waals surface area contributed by atoms with Crippen LogP contribution in [0.4, 0.5) is 10.1 Å². The van der Waals surface area contributed by atoms with Crippen LogP contribution in [-0.2, 0) is 13.2 Å². The second-order valence-corrected chi connectivity index (χ2v) is 6.22. The van der Waals surface area contributed by atoms with E-state index in [4.69, 9.17) is 4.74 Å². The monoisotopic (exact) mass is 398 g/mol. The molecular formula is C21H18ClFN3O2-. The van der Waals surface area contributed by atoms with Gasteiger partial charge in [-0.2, -0.15) is 0 Å². The van der Waals surface area contributed by atoms with Crippen molar-refractivity contribution in [3.63, 3.8) is 0 Å². The number of nitrogens with one attached hydrogen (secondary N) is 3. The van der Waals surface area contributed by atoms with Crippen molar-refractivity contribution in [2.24, 2.45) is 0 Å². The Balaban J connectivity index is 0.00000225. The van der Waals surface area contributed by atoms with Gasteiger partial charge in [-0.05, 0) is 42.0 Å². The molecule has 1 heterocycles. The van der Waals surface area contributed by atoms with Crippen molar-refractivity contribution in [1.82, 2.24) is 9.97 Å². The molecule has 0 atom stereocenters. The van der Waals surface area contributed by atoms with Crippen molar-refractivity contribution in [1.29, 1.82) is 0 Å². The van der Waals surface area contributed by atoms with E-state index in [0.29, 0.717) is 13.2 Å². The van der Waals surface area contributed by atoms with E-state index < -0.39 is 0 Å². The average molecular weight is 399 g/mol. The fourth-order valence-electron chi connectivity index (χ4n) is 2.87. The zero-order valence-corrected chi connectivity index (χ0v) is 15.6. The van der Waals surface area contributed by atoms with Crippen LogP contribution in [0.5, 0.6) is 5.75 Å². The predicted octanol–water partition coefficient (Wildman–Crippen LogP) is 1.19. The van der Waals surface area contributed by atoms with Crippen molar-refractivity contribution >= 4 is 16.7 Å². The lowest BCUT2D eigenvalue weighted by molar-refractivity contribution is -0.00000649. The lowest BCUT2D eigenvalue weighted by atomic mass is 10.2. The molecule has 7 heteroatoms. The Kier molecular flexibility index (Phi) is 6.01. The molecule has 0 saturated carbocycles. The van der Waals surface area contributed by atoms with Gasteiger partial charge in [-0.25, -0.2) is 9.18 Å². The first kappa shape index (κ1) is 19.5. The number of imidazole rings is 1. The maximum atomic E-state index is 13.0. The van der Waals surface area contributed by atoms with Crippen LogP contribution in [0, 0.1) is 5.82 Å². The van der Waals surface area contributed by atoms with Gasteiger partial charge in [-0.1, -0.05) is 30.3 Å². The van der Waals surface area contributed by atoms with Crippen LogP contribution in [0.1, 0.15) is 11.1 Å². The number of hydrogen-bond donors (Lipinski definition) is 3. The largest absolute Gasteiger partial charge is 1.00 e. The minimum Gasteiger partial charge on any atom is -1.00 e. The fourth-order valence-corrected chi connectivity index (χ4v) is 2.87. The van der Waals surface area contributed by atoms with Gasteiger partial charge in [-0.3, -0.25) is 0 Å². The van der Waals surface area contributed by atoms with E-state index in [2.05, 4.69) is 15.3 Å². The topological polar surface area (TPSA) is 69.9 Å². The first-order valence-corrected chi connectivity index (χ1v) is 8.58. The Morgan fingerprint density at radius 3 is 2.50 bits per heavy atom. The summed E-state index contributed by atoms with van der Waals surface area (Å²) in [7, 11) is 0. The van der Waals surface area contributed by atoms with Gasteiger partial charge < -0.3 is 32.4 Å². The van der Waals surface area contributed by atoms with Crippen molar-refractivity contribution in [2.75, 3.05) is 5.32 Å². The number of rotatable bonds is 6. The number of aromatic amines is 2. The molecule has 0 unspecified atom stereocenters. The van der Waals surface area contributed by atoms with Gasteiger partial charge in [-0.15, -0.1) is 0 Å². The molecule has 4 rings (SSSR count). The Labute approximate surface area is 167 Å². The molecule has 0 amide bonds. The summed E-state index contributed by atoms with van der Waals surface area (Å²) in [5.74, 6) is 0.509. The molecule has 1 aromatic heterocycles. The van der Waals surface area contributed by atoms with E-state index >= 15 is 0 Å². The van der Waals surface area contributed by atoms with Gasteiger partial charge >= 0.3 is 5.69 Å². The summed E-state index contributed by atoms with van der Waals surface area (Å²) < 4.78 is 18.9. The van der Waals surface area contributed by atoms with Crippen molar-refractivity contribution in [3.8, 4) is 5.75 Å². The molecule has 0 radical (unpaired) electrons. The summed E-state index contributed by atoms with van der Waals surface area (Å²) in [6, 6.07) is 19.7. The van der Waals surface area contributed by atoms with E-state index in [0.717, 1.165) is 33.6 Å². The van der Waals surface area contributed by atoms with E-state index in [9.17, 15) is 9.18 Å². The highest BCUT2D eigenvalue weighted by Gasteiger charge is 2.05. The molecule has 144 valence electrons. The van der Waals surface area contributed by atoms with Crippen LogP contribution in [0.2, 0.25) is 0 Å². The lowest BCUT2D eigenvalue weighted by Gasteiger charge is -2.13. The van der Waals surface area contributed by atoms with Crippen LogP contribution in [0.25, 0.3) is 11.0 Å². The summed E-state index contributed by atoms with van der Waals surface area (Å²) in [5, 5.41) is 3.34. The molecule has 0 aliphatic rings. The average Bonchev–Trinajstić information content (AvgIpc) is 3.06. The maximum Gasteiger partial charge on any atom is 0.323 e. The highest BCUT2D eigenvalue weighted by Crippen LogP contribution is 2.22. The second kappa shape index (κ2) is 8.63. The quantitative estimate of drug-likeness (QED) is 0.457. The number of aromatic nitrogens is 2. The van der Waals surface area contributed by atoms with Gasteiger partial charge in [0.25, 0.3) is 0 Å². The molecule has 3 N–H and O–H groups in total. The number of halogens is 2. The van der Waals surface area contributed by atoms with Gasteiger partial charge in [0.2, 0.25) is 0 Å². The zero-order valence-electron chi connectivity index (χ0n) is 14.8. The molecule has 0 saturated heterocycles. The molecule has 28 heavy (non-hydrogen) atoms. The van der Waals surface area contributed by atoms with E-state index in [1.54, 1.807) is 12.1 Å². The maximum absolute atomic E-state index is 13.0. The minimum absolute atomic E-state index is 0. The molecule has 0 bridgehead atoms. The summed E-state index contributed by atoms with van der Waals surface area (Å²) in [4.78, 5) is 16.8. The molecule has 0 aliphatic heterocycles. The van der Waals surface area contributed by atoms with Crippen molar-refractivity contribution in [3.05, 3.63) is 94.2 Å². The van der Waals surface area contributed by atoms with Crippen LogP contribution >= 0.6 is 0 Å². The SMILES string of the molecule is O=c1[nH]c2ccc(NCc3ccccc3OCc3ccc(F)cc3)cc2[nH]1.[Cl-]. The van der Waals surface area contributed by atoms with Crippen molar-refractivity contribution in [2.45, 2.75) is 13.2 Å². The van der Waals surface area contributed by atoms with E-state index in [-0.39, 0.29) is 23.9 Å². The normalized spacial score (nSPS) is 10.5. The number of hydrogen-bond acceptors (Lipinski definition) is 3. The van der Waals surface area contributed by atoms with Gasteiger partial charge in [0.1, 0.15) is 18.2 Å². The number of fused-ring (bicyclic) bond motifs is 1. The fraction of sp³-hybridized carbons (Fsp3) is 0.0952. The smallest absolute Gasteiger partial charge is 0.323 e. The number of benzene rings is 3. The van der Waals surface area contributed by atoms with Gasteiger partial charge in [0, 0.05) is 17.8 Å². The standard InChI is InChI=1S/C21H18FN3O2.ClH/c22-16-7-5-14(6-8-16)13-27-20-4-2-1-3-15(20)12-23-17-9-10-18-19(11-17)25-21(26)24-18;/h1-11,23H,12-13H2,(H2,24,25,26);1H/p-1. The van der Waals surface area contributed by atoms with Crippen LogP contribution in [0.15, 0.2) is 71.5 Å². The predicted molar refractivity (Wildman–Crippen MR) is 103 cm³/mol. The number of H-pyrrole nitrogens is 2. The molecule has 0 aliphatic carbocycles. The molecular weight excluding hydrogens is 381 g/mol. The molecule has 0 fully saturated rings. The Morgan fingerprint density at radius 2 is 1.68 bits per heavy atom. The van der Waals surface area contributed by atoms with Crippen LogP contribution < -0.4 is 28.2 Å². The molecule has 3 aromatic carbocycles. The highest BCUT2D eigenvalue weighted by molar-refractivity contribution is 5.78. The van der Waals surface area contributed by atoms with Crippen LogP contribution in [-0.4, -0.2) is 9.97 Å². The highest BCUT2D eigenvalue weighted by atomic mass is 35.5. The lowest BCUT2D eigenvalue weighted by Crippen LogP contribution is -3.00. The summed E-state index contributed by atoms with van der Waals surface area (Å²) in [6.07, 6.45) is 0.